The second-order valence-electron chi connectivity index (χ2n) is 3.51. The maximum absolute atomic E-state index is 5.64. The van der Waals surface area contributed by atoms with Gasteiger partial charge in [-0.15, -0.1) is 0 Å². The number of hydrogen-bond acceptors (Lipinski definition) is 2. The molecule has 0 aliphatic heterocycles. The summed E-state index contributed by atoms with van der Waals surface area (Å²) in [6.07, 6.45) is 3.46. The lowest BCUT2D eigenvalue weighted by atomic mass is 10.2. The molecule has 14 heavy (non-hydrogen) atoms. The molecule has 5 heteroatoms. The molecule has 5 nitrogen and oxygen atoms in total. The van der Waals surface area contributed by atoms with Gasteiger partial charge >= 0.3 is 0 Å². The van der Waals surface area contributed by atoms with E-state index in [1.165, 1.54) is 0 Å². The van der Waals surface area contributed by atoms with E-state index < -0.39 is 0 Å². The summed E-state index contributed by atoms with van der Waals surface area (Å²) in [5, 5.41) is 3.03. The fourth-order valence-corrected chi connectivity index (χ4v) is 0.909. The molecule has 0 aliphatic rings. The first-order valence-electron chi connectivity index (χ1n) is 4.70. The molecule has 0 bridgehead atoms. The van der Waals surface area contributed by atoms with E-state index in [1.807, 2.05) is 0 Å². The van der Waals surface area contributed by atoms with Gasteiger partial charge in [0.05, 0.1) is 0 Å². The number of nitrogens with two attached hydrogens (primary N) is 1. The van der Waals surface area contributed by atoms with Gasteiger partial charge in [-0.1, -0.05) is 13.8 Å². The van der Waals surface area contributed by atoms with E-state index in [0.717, 1.165) is 12.4 Å². The summed E-state index contributed by atoms with van der Waals surface area (Å²) in [4.78, 5) is 11.1. The largest absolute Gasteiger partial charge is 0.370 e. The van der Waals surface area contributed by atoms with Crippen LogP contribution in [0.5, 0.6) is 0 Å². The minimum atomic E-state index is 0.468. The van der Waals surface area contributed by atoms with Crippen LogP contribution in [0.25, 0.3) is 0 Å². The molecular weight excluding hydrogens is 178 g/mol. The molecule has 0 unspecified atom stereocenters. The second kappa shape index (κ2) is 5.26. The molecule has 1 heterocycles. The molecule has 0 saturated heterocycles. The number of guanidine groups is 1. The number of H-pyrrole nitrogens is 1. The van der Waals surface area contributed by atoms with E-state index in [2.05, 4.69) is 34.1 Å². The molecule has 0 atom stereocenters. The van der Waals surface area contributed by atoms with Gasteiger partial charge in [-0.25, -0.2) is 9.98 Å². The highest BCUT2D eigenvalue weighted by atomic mass is 15.1. The summed E-state index contributed by atoms with van der Waals surface area (Å²) in [6, 6.07) is 0. The molecule has 1 rings (SSSR count). The van der Waals surface area contributed by atoms with Crippen molar-refractivity contribution in [1.29, 1.82) is 0 Å². The Morgan fingerprint density at radius 1 is 1.71 bits per heavy atom. The number of nitrogens with one attached hydrogen (secondary N) is 2. The Balaban J connectivity index is 2.30. The van der Waals surface area contributed by atoms with Crippen LogP contribution in [0.3, 0.4) is 0 Å². The Hall–Kier alpha value is -1.52. The molecule has 0 fully saturated rings. The smallest absolute Gasteiger partial charge is 0.189 e. The fourth-order valence-electron chi connectivity index (χ4n) is 0.909. The number of nitrogens with zero attached hydrogens (tertiary/aromatic N) is 2. The first-order chi connectivity index (χ1) is 6.68. The first kappa shape index (κ1) is 10.6. The van der Waals surface area contributed by atoms with Crippen LogP contribution >= 0.6 is 0 Å². The molecule has 0 amide bonds. The van der Waals surface area contributed by atoms with Crippen LogP contribution in [0, 0.1) is 5.92 Å². The van der Waals surface area contributed by atoms with Crippen LogP contribution < -0.4 is 11.1 Å². The number of aromatic nitrogens is 2. The highest BCUT2D eigenvalue weighted by Crippen LogP contribution is 1.91. The van der Waals surface area contributed by atoms with Crippen molar-refractivity contribution in [2.75, 3.05) is 6.54 Å². The summed E-state index contributed by atoms with van der Waals surface area (Å²) in [5.41, 5.74) is 5.64. The van der Waals surface area contributed by atoms with E-state index in [4.69, 9.17) is 5.73 Å². The van der Waals surface area contributed by atoms with Gasteiger partial charge in [0.2, 0.25) is 0 Å². The number of rotatable bonds is 4. The van der Waals surface area contributed by atoms with Crippen molar-refractivity contribution in [2.24, 2.45) is 16.6 Å². The van der Waals surface area contributed by atoms with Crippen molar-refractivity contribution in [2.45, 2.75) is 20.4 Å². The molecule has 78 valence electrons. The lowest BCUT2D eigenvalue weighted by molar-refractivity contribution is 0.621. The van der Waals surface area contributed by atoms with Crippen molar-refractivity contribution < 1.29 is 0 Å². The molecule has 0 spiro atoms. The predicted molar refractivity (Wildman–Crippen MR) is 56.8 cm³/mol. The van der Waals surface area contributed by atoms with Crippen LogP contribution in [0.4, 0.5) is 0 Å². The zero-order chi connectivity index (χ0) is 10.4. The number of aromatic amines is 1. The third-order valence-electron chi connectivity index (χ3n) is 1.65. The molecule has 0 aliphatic carbocycles. The lowest BCUT2D eigenvalue weighted by Crippen LogP contribution is -2.34. The quantitative estimate of drug-likeness (QED) is 0.482. The molecule has 0 aromatic carbocycles. The van der Waals surface area contributed by atoms with Gasteiger partial charge in [-0.2, -0.15) is 0 Å². The lowest BCUT2D eigenvalue weighted by Gasteiger charge is -2.07. The van der Waals surface area contributed by atoms with Gasteiger partial charge in [-0.3, -0.25) is 0 Å². The van der Waals surface area contributed by atoms with Gasteiger partial charge in [0.15, 0.2) is 5.96 Å². The standard InChI is InChI=1S/C9H17N5/c1-7(2)5-13-9(10)14-6-8-11-3-4-12-8/h3-4,7H,5-6H2,1-2H3,(H,11,12)(H3,10,13,14). The molecule has 1 aromatic heterocycles. The highest BCUT2D eigenvalue weighted by molar-refractivity contribution is 5.77. The van der Waals surface area contributed by atoms with E-state index in [1.54, 1.807) is 12.4 Å². The monoisotopic (exact) mass is 195 g/mol. The molecule has 0 saturated carbocycles. The van der Waals surface area contributed by atoms with E-state index in [0.29, 0.717) is 18.4 Å². The van der Waals surface area contributed by atoms with Crippen LogP contribution in [-0.2, 0) is 6.54 Å². The van der Waals surface area contributed by atoms with Gasteiger partial charge < -0.3 is 16.0 Å². The molecule has 4 N–H and O–H groups in total. The topological polar surface area (TPSA) is 79.1 Å². The summed E-state index contributed by atoms with van der Waals surface area (Å²) in [6.45, 7) is 5.57. The Bertz CT molecular complexity index is 275. The normalized spacial score (nSPS) is 12.1. The van der Waals surface area contributed by atoms with Crippen molar-refractivity contribution in [3.05, 3.63) is 18.2 Å². The Kier molecular flexibility index (Phi) is 3.97. The molecule has 1 aromatic rings. The van der Waals surface area contributed by atoms with Crippen LogP contribution in [0.15, 0.2) is 17.4 Å². The van der Waals surface area contributed by atoms with E-state index >= 15 is 0 Å². The number of imidazole rings is 1. The molecular formula is C9H17N5. The summed E-state index contributed by atoms with van der Waals surface area (Å²) >= 11 is 0. The zero-order valence-electron chi connectivity index (χ0n) is 8.62. The van der Waals surface area contributed by atoms with Crippen molar-refractivity contribution in [3.8, 4) is 0 Å². The molecule has 0 radical (unpaired) electrons. The van der Waals surface area contributed by atoms with Crippen LogP contribution in [-0.4, -0.2) is 22.5 Å². The van der Waals surface area contributed by atoms with Crippen molar-refractivity contribution >= 4 is 5.96 Å². The maximum Gasteiger partial charge on any atom is 0.189 e. The van der Waals surface area contributed by atoms with Crippen molar-refractivity contribution in [3.63, 3.8) is 0 Å². The second-order valence-corrected chi connectivity index (χ2v) is 3.51. The third kappa shape index (κ3) is 3.93. The Morgan fingerprint density at radius 3 is 3.07 bits per heavy atom. The number of hydrogen-bond donors (Lipinski definition) is 3. The Morgan fingerprint density at radius 2 is 2.50 bits per heavy atom. The maximum atomic E-state index is 5.64. The number of aliphatic imine (C=N–C) groups is 1. The van der Waals surface area contributed by atoms with Crippen LogP contribution in [0.2, 0.25) is 0 Å². The van der Waals surface area contributed by atoms with Gasteiger partial charge in [-0.05, 0) is 5.92 Å². The van der Waals surface area contributed by atoms with E-state index in [9.17, 15) is 0 Å². The summed E-state index contributed by atoms with van der Waals surface area (Å²) < 4.78 is 0. The zero-order valence-corrected chi connectivity index (χ0v) is 8.62. The van der Waals surface area contributed by atoms with Gasteiger partial charge in [0.25, 0.3) is 0 Å². The van der Waals surface area contributed by atoms with Crippen LogP contribution in [0.1, 0.15) is 19.7 Å². The minimum absolute atomic E-state index is 0.468. The average molecular weight is 195 g/mol. The fraction of sp³-hybridized carbons (Fsp3) is 0.556. The summed E-state index contributed by atoms with van der Waals surface area (Å²) in [7, 11) is 0. The highest BCUT2D eigenvalue weighted by Gasteiger charge is 1.96. The van der Waals surface area contributed by atoms with Crippen molar-refractivity contribution in [1.82, 2.24) is 15.3 Å². The predicted octanol–water partition coefficient (Wildman–Crippen LogP) is 0.470. The SMILES string of the molecule is CC(C)CNC(N)=NCc1ncc[nH]1. The van der Waals surface area contributed by atoms with E-state index in [-0.39, 0.29) is 0 Å². The summed E-state index contributed by atoms with van der Waals surface area (Å²) in [5.74, 6) is 1.85. The Labute approximate surface area is 83.8 Å². The van der Waals surface area contributed by atoms with Gasteiger partial charge in [0, 0.05) is 18.9 Å². The third-order valence-corrected chi connectivity index (χ3v) is 1.65. The van der Waals surface area contributed by atoms with Gasteiger partial charge in [0.1, 0.15) is 12.4 Å². The first-order valence-corrected chi connectivity index (χ1v) is 4.70. The average Bonchev–Trinajstić information content (AvgIpc) is 2.63. The minimum Gasteiger partial charge on any atom is -0.370 e.